The van der Waals surface area contributed by atoms with Crippen LogP contribution in [0.4, 0.5) is 11.8 Å². The van der Waals surface area contributed by atoms with Crippen LogP contribution in [-0.2, 0) is 25.6 Å². The maximum Gasteiger partial charge on any atom is 0.207 e. The summed E-state index contributed by atoms with van der Waals surface area (Å²) >= 11 is 0. The zero-order valence-corrected chi connectivity index (χ0v) is 17.7. The molecule has 2 fully saturated rings. The molecule has 3 aromatic rings. The highest BCUT2D eigenvalue weighted by atomic mass is 16.8. The molecule has 31 heavy (non-hydrogen) atoms. The lowest BCUT2D eigenvalue weighted by Crippen LogP contribution is -2.32. The molecule has 2 saturated heterocycles. The summed E-state index contributed by atoms with van der Waals surface area (Å²) in [6, 6.07) is 10.0. The number of hydrogen-bond donors (Lipinski definition) is 2. The number of ether oxygens (including phenoxy) is 4. The van der Waals surface area contributed by atoms with E-state index in [9.17, 15) is 0 Å². The van der Waals surface area contributed by atoms with Crippen molar-refractivity contribution in [2.75, 3.05) is 24.7 Å². The second kappa shape index (κ2) is 7.72. The van der Waals surface area contributed by atoms with Gasteiger partial charge in [-0.1, -0.05) is 30.3 Å². The summed E-state index contributed by atoms with van der Waals surface area (Å²) in [5.74, 6) is 0.130. The standard InChI is InChI=1S/C21H26N6O4/c1-21(2)30-15-13(10-28-9-12-7-5-4-6-8-12)29-19(16(15)31-21)27-18-14(26-20(27)23-3)17(22)24-11-25-18/h4-8,11,13,15-16,19H,9-10H2,1-3H3,(H,23,26)(H2,22,24,25)/t13-,15-,16-,19-/m1/s1. The first-order valence-electron chi connectivity index (χ1n) is 10.3. The number of rotatable bonds is 6. The molecule has 10 nitrogen and oxygen atoms in total. The van der Waals surface area contributed by atoms with Gasteiger partial charge in [0.1, 0.15) is 24.6 Å². The van der Waals surface area contributed by atoms with Crippen LogP contribution in [0.2, 0.25) is 0 Å². The Labute approximate surface area is 179 Å². The summed E-state index contributed by atoms with van der Waals surface area (Å²) < 4.78 is 26.6. The van der Waals surface area contributed by atoms with Crippen LogP contribution in [0.5, 0.6) is 0 Å². The van der Waals surface area contributed by atoms with E-state index in [0.717, 1.165) is 5.56 Å². The number of nitrogens with one attached hydrogen (secondary N) is 1. The number of imidazole rings is 1. The van der Waals surface area contributed by atoms with Crippen LogP contribution in [0, 0.1) is 0 Å². The van der Waals surface area contributed by atoms with Crippen LogP contribution < -0.4 is 11.1 Å². The number of aromatic nitrogens is 4. The molecule has 164 valence electrons. The Balaban J connectivity index is 1.43. The van der Waals surface area contributed by atoms with Crippen molar-refractivity contribution in [3.8, 4) is 0 Å². The molecule has 2 aliphatic rings. The second-order valence-electron chi connectivity index (χ2n) is 8.12. The van der Waals surface area contributed by atoms with Crippen molar-refractivity contribution in [1.29, 1.82) is 0 Å². The smallest absolute Gasteiger partial charge is 0.207 e. The van der Waals surface area contributed by atoms with Crippen LogP contribution in [0.1, 0.15) is 25.6 Å². The Morgan fingerprint density at radius 3 is 2.71 bits per heavy atom. The minimum Gasteiger partial charge on any atom is -0.382 e. The first-order chi connectivity index (χ1) is 15.0. The zero-order chi connectivity index (χ0) is 21.6. The van der Waals surface area contributed by atoms with Crippen molar-refractivity contribution in [3.05, 3.63) is 42.2 Å². The van der Waals surface area contributed by atoms with Crippen molar-refractivity contribution in [1.82, 2.24) is 19.5 Å². The van der Waals surface area contributed by atoms with E-state index in [1.807, 2.05) is 48.7 Å². The number of hydrogen-bond acceptors (Lipinski definition) is 9. The van der Waals surface area contributed by atoms with Gasteiger partial charge in [-0.2, -0.15) is 0 Å². The van der Waals surface area contributed by atoms with E-state index in [1.165, 1.54) is 6.33 Å². The largest absolute Gasteiger partial charge is 0.382 e. The van der Waals surface area contributed by atoms with Gasteiger partial charge in [-0.3, -0.25) is 4.57 Å². The number of nitrogen functional groups attached to an aromatic ring is 1. The monoisotopic (exact) mass is 426 g/mol. The summed E-state index contributed by atoms with van der Waals surface area (Å²) in [5.41, 5.74) is 8.20. The van der Waals surface area contributed by atoms with Gasteiger partial charge < -0.3 is 30.0 Å². The molecule has 0 aliphatic carbocycles. The quantitative estimate of drug-likeness (QED) is 0.610. The molecular weight excluding hydrogens is 400 g/mol. The van der Waals surface area contributed by atoms with Gasteiger partial charge in [-0.05, 0) is 19.4 Å². The molecule has 1 aromatic carbocycles. The Hall–Kier alpha value is -2.79. The molecule has 0 radical (unpaired) electrons. The fraction of sp³-hybridized carbons (Fsp3) is 0.476. The maximum absolute atomic E-state index is 6.40. The van der Waals surface area contributed by atoms with Gasteiger partial charge in [0, 0.05) is 7.05 Å². The van der Waals surface area contributed by atoms with Crippen LogP contribution in [-0.4, -0.2) is 57.3 Å². The molecule has 3 N–H and O–H groups in total. The second-order valence-corrected chi connectivity index (χ2v) is 8.12. The topological polar surface area (TPSA) is 119 Å². The van der Waals surface area contributed by atoms with Crippen molar-refractivity contribution in [2.45, 2.75) is 50.8 Å². The molecule has 10 heteroatoms. The molecule has 4 atom stereocenters. The van der Waals surface area contributed by atoms with Crippen molar-refractivity contribution < 1.29 is 18.9 Å². The number of benzene rings is 1. The van der Waals surface area contributed by atoms with E-state index >= 15 is 0 Å². The number of fused-ring (bicyclic) bond motifs is 2. The van der Waals surface area contributed by atoms with E-state index in [0.29, 0.717) is 36.1 Å². The van der Waals surface area contributed by atoms with E-state index in [4.69, 9.17) is 24.7 Å². The Bertz CT molecular complexity index is 1070. The van der Waals surface area contributed by atoms with Crippen LogP contribution >= 0.6 is 0 Å². The lowest BCUT2D eigenvalue weighted by atomic mass is 10.1. The van der Waals surface area contributed by atoms with Crippen LogP contribution in [0.3, 0.4) is 0 Å². The first-order valence-corrected chi connectivity index (χ1v) is 10.3. The molecule has 0 spiro atoms. The third-order valence-electron chi connectivity index (χ3n) is 5.50. The third-order valence-corrected chi connectivity index (χ3v) is 5.50. The molecule has 0 bridgehead atoms. The lowest BCUT2D eigenvalue weighted by molar-refractivity contribution is -0.201. The first kappa shape index (κ1) is 20.1. The number of nitrogens with zero attached hydrogens (tertiary/aromatic N) is 4. The Kier molecular flexibility index (Phi) is 5.01. The van der Waals surface area contributed by atoms with Gasteiger partial charge in [0.15, 0.2) is 29.0 Å². The average Bonchev–Trinajstić information content (AvgIpc) is 3.38. The van der Waals surface area contributed by atoms with Crippen molar-refractivity contribution >= 4 is 22.9 Å². The molecule has 5 rings (SSSR count). The van der Waals surface area contributed by atoms with Crippen molar-refractivity contribution in [3.63, 3.8) is 0 Å². The summed E-state index contributed by atoms with van der Waals surface area (Å²) in [6.07, 6.45) is -0.0724. The van der Waals surface area contributed by atoms with E-state index in [2.05, 4.69) is 20.3 Å². The van der Waals surface area contributed by atoms with Crippen LogP contribution in [0.25, 0.3) is 11.2 Å². The van der Waals surface area contributed by atoms with E-state index in [-0.39, 0.29) is 18.3 Å². The van der Waals surface area contributed by atoms with Crippen LogP contribution in [0.15, 0.2) is 36.7 Å². The van der Waals surface area contributed by atoms with Gasteiger partial charge in [-0.25, -0.2) is 15.0 Å². The van der Waals surface area contributed by atoms with Gasteiger partial charge in [-0.15, -0.1) is 0 Å². The van der Waals surface area contributed by atoms with Gasteiger partial charge in [0.25, 0.3) is 0 Å². The summed E-state index contributed by atoms with van der Waals surface area (Å²) in [5, 5.41) is 3.09. The molecule has 2 aromatic heterocycles. The minimum absolute atomic E-state index is 0.294. The molecule has 0 saturated carbocycles. The SMILES string of the molecule is CNc1nc2c(N)ncnc2n1[C@@H]1O[C@H](COCc2ccccc2)[C@H]2OC(C)(C)O[C@H]21. The summed E-state index contributed by atoms with van der Waals surface area (Å²) in [6.45, 7) is 4.65. The Morgan fingerprint density at radius 2 is 1.94 bits per heavy atom. The highest BCUT2D eigenvalue weighted by Gasteiger charge is 2.56. The number of nitrogens with two attached hydrogens (primary N) is 1. The zero-order valence-electron chi connectivity index (χ0n) is 17.7. The summed E-state index contributed by atoms with van der Waals surface area (Å²) in [4.78, 5) is 13.0. The highest BCUT2D eigenvalue weighted by Crippen LogP contribution is 2.45. The van der Waals surface area contributed by atoms with E-state index in [1.54, 1.807) is 7.05 Å². The minimum atomic E-state index is -0.737. The molecule has 2 aliphatic heterocycles. The van der Waals surface area contributed by atoms with Gasteiger partial charge in [0.2, 0.25) is 5.95 Å². The van der Waals surface area contributed by atoms with Gasteiger partial charge in [0.05, 0.1) is 13.2 Å². The third kappa shape index (κ3) is 3.61. The molecule has 4 heterocycles. The fourth-order valence-electron chi connectivity index (χ4n) is 4.21. The average molecular weight is 426 g/mol. The van der Waals surface area contributed by atoms with Crippen molar-refractivity contribution in [2.24, 2.45) is 0 Å². The predicted octanol–water partition coefficient (Wildman–Crippen LogP) is 2.08. The predicted molar refractivity (Wildman–Crippen MR) is 113 cm³/mol. The number of anilines is 2. The molecular formula is C21H26N6O4. The summed E-state index contributed by atoms with van der Waals surface area (Å²) in [7, 11) is 1.78. The van der Waals surface area contributed by atoms with E-state index < -0.39 is 12.0 Å². The van der Waals surface area contributed by atoms with Gasteiger partial charge >= 0.3 is 0 Å². The highest BCUT2D eigenvalue weighted by molar-refractivity contribution is 5.84. The molecule has 0 unspecified atom stereocenters. The Morgan fingerprint density at radius 1 is 1.16 bits per heavy atom. The maximum atomic E-state index is 6.40. The normalized spacial score (nSPS) is 26.9. The fourth-order valence-corrected chi connectivity index (χ4v) is 4.21. The molecule has 0 amide bonds. The lowest BCUT2D eigenvalue weighted by Gasteiger charge is -2.25.